The van der Waals surface area contributed by atoms with Gasteiger partial charge in [0.2, 0.25) is 5.91 Å². The standard InChI is InChI=1S/C28H22Cl2N2O4S/c29-22-12-19(13-23(30)26(22)36-17-18-6-2-1-3-7-18)14-24-27(34)32(28(35)37-24)16-25(33)31-11-10-20-8-4-5-9-21(20)15-31/h1-9,12-14H,10-11,15-17H2/b24-14-. The third kappa shape index (κ3) is 5.69. The van der Waals surface area contributed by atoms with Crippen LogP contribution < -0.4 is 4.74 Å². The molecule has 0 N–H and O–H groups in total. The summed E-state index contributed by atoms with van der Waals surface area (Å²) in [4.78, 5) is 41.4. The number of imide groups is 1. The summed E-state index contributed by atoms with van der Waals surface area (Å²) >= 11 is 13.6. The van der Waals surface area contributed by atoms with Crippen molar-refractivity contribution in [3.63, 3.8) is 0 Å². The van der Waals surface area contributed by atoms with Crippen molar-refractivity contribution in [1.82, 2.24) is 9.80 Å². The summed E-state index contributed by atoms with van der Waals surface area (Å²) in [5.41, 5.74) is 3.82. The molecule has 0 unspecified atom stereocenters. The van der Waals surface area contributed by atoms with Gasteiger partial charge in [-0.15, -0.1) is 0 Å². The highest BCUT2D eigenvalue weighted by molar-refractivity contribution is 8.18. The van der Waals surface area contributed by atoms with E-state index in [9.17, 15) is 14.4 Å². The molecule has 5 rings (SSSR count). The van der Waals surface area contributed by atoms with E-state index in [1.54, 1.807) is 23.1 Å². The lowest BCUT2D eigenvalue weighted by molar-refractivity contribution is -0.136. The highest BCUT2D eigenvalue weighted by atomic mass is 35.5. The second kappa shape index (κ2) is 11.0. The van der Waals surface area contributed by atoms with Gasteiger partial charge in [0.05, 0.1) is 15.0 Å². The van der Waals surface area contributed by atoms with Gasteiger partial charge in [0.15, 0.2) is 5.75 Å². The molecular formula is C28H22Cl2N2O4S. The van der Waals surface area contributed by atoms with Gasteiger partial charge in [-0.25, -0.2) is 0 Å². The molecule has 3 aromatic rings. The van der Waals surface area contributed by atoms with E-state index >= 15 is 0 Å². The number of carbonyl (C=O) groups is 3. The molecule has 0 spiro atoms. The maximum Gasteiger partial charge on any atom is 0.294 e. The summed E-state index contributed by atoms with van der Waals surface area (Å²) in [6.07, 6.45) is 2.29. The van der Waals surface area contributed by atoms with Gasteiger partial charge in [0.25, 0.3) is 11.1 Å². The molecule has 6 nitrogen and oxygen atoms in total. The molecule has 1 saturated heterocycles. The van der Waals surface area contributed by atoms with Gasteiger partial charge in [-0.05, 0) is 58.6 Å². The largest absolute Gasteiger partial charge is 0.486 e. The van der Waals surface area contributed by atoms with Crippen LogP contribution in [0.2, 0.25) is 10.0 Å². The van der Waals surface area contributed by atoms with E-state index in [4.69, 9.17) is 27.9 Å². The number of hydrogen-bond acceptors (Lipinski definition) is 5. The van der Waals surface area contributed by atoms with Gasteiger partial charge < -0.3 is 9.64 Å². The molecule has 37 heavy (non-hydrogen) atoms. The van der Waals surface area contributed by atoms with Crippen molar-refractivity contribution >= 4 is 58.1 Å². The van der Waals surface area contributed by atoms with Crippen LogP contribution in [0.1, 0.15) is 22.3 Å². The van der Waals surface area contributed by atoms with Crippen LogP contribution in [0.25, 0.3) is 6.08 Å². The molecule has 0 bridgehead atoms. The molecule has 2 aliphatic heterocycles. The van der Waals surface area contributed by atoms with E-state index in [-0.39, 0.29) is 27.4 Å². The number of rotatable bonds is 6. The molecular weight excluding hydrogens is 531 g/mol. The highest BCUT2D eigenvalue weighted by Crippen LogP contribution is 2.38. The van der Waals surface area contributed by atoms with Crippen LogP contribution in [-0.2, 0) is 29.2 Å². The van der Waals surface area contributed by atoms with Gasteiger partial charge in [-0.3, -0.25) is 19.3 Å². The van der Waals surface area contributed by atoms with Gasteiger partial charge in [0.1, 0.15) is 13.2 Å². The Morgan fingerprint density at radius 2 is 1.65 bits per heavy atom. The SMILES string of the molecule is O=C(CN1C(=O)S/C(=C\c2cc(Cl)c(OCc3ccccc3)c(Cl)c2)C1=O)N1CCc2ccccc2C1. The molecule has 188 valence electrons. The summed E-state index contributed by atoms with van der Waals surface area (Å²) in [5, 5.41) is 0.0888. The minimum absolute atomic E-state index is 0.201. The van der Waals surface area contributed by atoms with Crippen LogP contribution in [0, 0.1) is 0 Å². The van der Waals surface area contributed by atoms with Crippen molar-refractivity contribution in [2.45, 2.75) is 19.6 Å². The molecule has 9 heteroatoms. The number of nitrogens with zero attached hydrogens (tertiary/aromatic N) is 2. The van der Waals surface area contributed by atoms with E-state index in [0.29, 0.717) is 31.0 Å². The summed E-state index contributed by atoms with van der Waals surface area (Å²) in [6, 6.07) is 20.8. The Hall–Kier alpha value is -3.26. The third-order valence-electron chi connectivity index (χ3n) is 6.19. The summed E-state index contributed by atoms with van der Waals surface area (Å²) in [6.45, 7) is 1.03. The maximum absolute atomic E-state index is 13.0. The summed E-state index contributed by atoms with van der Waals surface area (Å²) < 4.78 is 5.80. The quantitative estimate of drug-likeness (QED) is 0.341. The van der Waals surface area contributed by atoms with Gasteiger partial charge in [-0.2, -0.15) is 0 Å². The highest BCUT2D eigenvalue weighted by Gasteiger charge is 2.37. The number of thioether (sulfide) groups is 1. The van der Waals surface area contributed by atoms with Crippen molar-refractivity contribution in [2.24, 2.45) is 0 Å². The van der Waals surface area contributed by atoms with E-state index in [0.717, 1.165) is 34.2 Å². The number of benzene rings is 3. The minimum Gasteiger partial charge on any atom is -0.486 e. The molecule has 3 aromatic carbocycles. The first-order chi connectivity index (χ1) is 17.9. The normalized spacial score (nSPS) is 16.3. The molecule has 0 atom stereocenters. The Balaban J connectivity index is 1.26. The van der Waals surface area contributed by atoms with Crippen LogP contribution in [0.4, 0.5) is 4.79 Å². The Morgan fingerprint density at radius 1 is 0.973 bits per heavy atom. The predicted octanol–water partition coefficient (Wildman–Crippen LogP) is 6.19. The second-order valence-electron chi connectivity index (χ2n) is 8.69. The fourth-order valence-corrected chi connectivity index (χ4v) is 5.71. The van der Waals surface area contributed by atoms with Crippen LogP contribution >= 0.6 is 35.0 Å². The lowest BCUT2D eigenvalue weighted by Crippen LogP contribution is -2.44. The van der Waals surface area contributed by atoms with Crippen LogP contribution in [-0.4, -0.2) is 39.9 Å². The Labute approximate surface area is 228 Å². The van der Waals surface area contributed by atoms with Crippen molar-refractivity contribution in [3.8, 4) is 5.75 Å². The van der Waals surface area contributed by atoms with Crippen molar-refractivity contribution in [3.05, 3.63) is 104 Å². The third-order valence-corrected chi connectivity index (χ3v) is 7.66. The fraction of sp³-hybridized carbons (Fsp3) is 0.179. The Bertz CT molecular complexity index is 1390. The summed E-state index contributed by atoms with van der Waals surface area (Å²) in [5.74, 6) is -0.437. The molecule has 1 fully saturated rings. The van der Waals surface area contributed by atoms with Crippen LogP contribution in [0.15, 0.2) is 71.6 Å². The van der Waals surface area contributed by atoms with Gasteiger partial charge in [-0.1, -0.05) is 77.8 Å². The Kier molecular flexibility index (Phi) is 7.55. The lowest BCUT2D eigenvalue weighted by atomic mass is 10.00. The first-order valence-corrected chi connectivity index (χ1v) is 13.2. The zero-order valence-corrected chi connectivity index (χ0v) is 22.0. The average Bonchev–Trinajstić information content (AvgIpc) is 3.15. The zero-order chi connectivity index (χ0) is 25.9. The topological polar surface area (TPSA) is 66.9 Å². The average molecular weight is 553 g/mol. The first kappa shape index (κ1) is 25.4. The molecule has 2 heterocycles. The molecule has 0 radical (unpaired) electrons. The van der Waals surface area contributed by atoms with Crippen molar-refractivity contribution in [1.29, 1.82) is 0 Å². The molecule has 3 amide bonds. The number of ether oxygens (including phenoxy) is 1. The Morgan fingerprint density at radius 3 is 2.38 bits per heavy atom. The van der Waals surface area contributed by atoms with Gasteiger partial charge >= 0.3 is 0 Å². The molecule has 0 aliphatic carbocycles. The van der Waals surface area contributed by atoms with E-state index in [1.165, 1.54) is 5.56 Å². The molecule has 2 aliphatic rings. The molecule has 0 aromatic heterocycles. The van der Waals surface area contributed by atoms with E-state index in [2.05, 4.69) is 6.07 Å². The predicted molar refractivity (Wildman–Crippen MR) is 145 cm³/mol. The smallest absolute Gasteiger partial charge is 0.294 e. The lowest BCUT2D eigenvalue weighted by Gasteiger charge is -2.29. The first-order valence-electron chi connectivity index (χ1n) is 11.6. The second-order valence-corrected chi connectivity index (χ2v) is 10.5. The number of halogens is 2. The zero-order valence-electron chi connectivity index (χ0n) is 19.7. The van der Waals surface area contributed by atoms with Crippen molar-refractivity contribution in [2.75, 3.05) is 13.1 Å². The van der Waals surface area contributed by atoms with Crippen LogP contribution in [0.3, 0.4) is 0 Å². The fourth-order valence-electron chi connectivity index (χ4n) is 4.26. The van der Waals surface area contributed by atoms with E-state index in [1.807, 2.05) is 48.5 Å². The number of fused-ring (bicyclic) bond motifs is 1. The summed E-state index contributed by atoms with van der Waals surface area (Å²) in [7, 11) is 0. The number of amides is 3. The number of carbonyl (C=O) groups excluding carboxylic acids is 3. The minimum atomic E-state index is -0.516. The van der Waals surface area contributed by atoms with Gasteiger partial charge in [0, 0.05) is 13.1 Å². The van der Waals surface area contributed by atoms with E-state index < -0.39 is 11.1 Å². The maximum atomic E-state index is 13.0. The monoisotopic (exact) mass is 552 g/mol. The number of hydrogen-bond donors (Lipinski definition) is 0. The van der Waals surface area contributed by atoms with Crippen LogP contribution in [0.5, 0.6) is 5.75 Å². The van der Waals surface area contributed by atoms with Crippen molar-refractivity contribution < 1.29 is 19.1 Å². The molecule has 0 saturated carbocycles.